The van der Waals surface area contributed by atoms with E-state index in [0.29, 0.717) is 25.2 Å². The van der Waals surface area contributed by atoms with Crippen molar-refractivity contribution in [3.05, 3.63) is 35.8 Å². The number of nitrogens with zero attached hydrogens (tertiary/aromatic N) is 4. The Morgan fingerprint density at radius 3 is 2.75 bits per heavy atom. The highest BCUT2D eigenvalue weighted by atomic mass is 19.1. The Labute approximate surface area is 193 Å². The van der Waals surface area contributed by atoms with Crippen LogP contribution in [-0.4, -0.2) is 50.0 Å². The summed E-state index contributed by atoms with van der Waals surface area (Å²) in [5.74, 6) is -4.20. The number of ether oxygens (including phenoxy) is 1. The van der Waals surface area contributed by atoms with Crippen LogP contribution in [0.2, 0.25) is 0 Å². The zero-order chi connectivity index (χ0) is 29.4. The van der Waals surface area contributed by atoms with Crippen molar-refractivity contribution in [1.82, 2.24) is 19.5 Å². The summed E-state index contributed by atoms with van der Waals surface area (Å²) in [6.07, 6.45) is -13.0. The Kier molecular flexibility index (Phi) is 3.63. The molecule has 4 unspecified atom stereocenters. The number of aliphatic hydroxyl groups is 1. The van der Waals surface area contributed by atoms with Crippen LogP contribution in [0.3, 0.4) is 0 Å². The van der Waals surface area contributed by atoms with E-state index in [1.807, 2.05) is 0 Å². The van der Waals surface area contributed by atoms with Gasteiger partial charge in [0.05, 0.1) is 26.3 Å². The molecule has 2 aliphatic rings. The first-order valence-corrected chi connectivity index (χ1v) is 9.65. The van der Waals surface area contributed by atoms with Crippen LogP contribution in [0.15, 0.2) is 18.3 Å². The second kappa shape index (κ2) is 8.55. The maximum atomic E-state index is 14.4. The summed E-state index contributed by atoms with van der Waals surface area (Å²) in [7, 11) is 0. The molecule has 1 aliphatic carbocycles. The van der Waals surface area contributed by atoms with E-state index in [1.165, 1.54) is 4.57 Å². The largest absolute Gasteiger partial charge is 0.393 e. The Morgan fingerprint density at radius 2 is 2.00 bits per heavy atom. The van der Waals surface area contributed by atoms with Crippen molar-refractivity contribution < 1.29 is 34.0 Å². The first kappa shape index (κ1) is 13.6. The van der Waals surface area contributed by atoms with E-state index < -0.39 is 72.8 Å². The molecule has 1 aliphatic heterocycles. The van der Waals surface area contributed by atoms with E-state index in [0.717, 1.165) is 6.20 Å². The van der Waals surface area contributed by atoms with Gasteiger partial charge in [-0.25, -0.2) is 23.1 Å². The van der Waals surface area contributed by atoms with E-state index in [2.05, 4.69) is 25.6 Å². The molecule has 3 aromatic rings. The average Bonchev–Trinajstić information content (AvgIpc) is 3.51. The third-order valence-electron chi connectivity index (χ3n) is 4.92. The number of imidazole rings is 1. The minimum absolute atomic E-state index is 0.0194. The van der Waals surface area contributed by atoms with Crippen LogP contribution in [0.5, 0.6) is 0 Å². The summed E-state index contributed by atoms with van der Waals surface area (Å²) in [6, 6.07) is -2.53. The molecule has 3 N–H and O–H groups in total. The number of hydrogen-bond acceptors (Lipinski definition) is 7. The molecule has 0 bridgehead atoms. The van der Waals surface area contributed by atoms with E-state index in [4.69, 9.17) is 15.7 Å². The van der Waals surface area contributed by atoms with Crippen molar-refractivity contribution >= 4 is 28.7 Å². The minimum atomic E-state index is -3.32. The van der Waals surface area contributed by atoms with Crippen LogP contribution in [-0.2, 0) is 4.74 Å². The number of halogens is 3. The van der Waals surface area contributed by atoms with Gasteiger partial charge in [0.15, 0.2) is 17.3 Å². The molecule has 4 atom stereocenters. The van der Waals surface area contributed by atoms with Crippen molar-refractivity contribution in [1.29, 1.82) is 0 Å². The van der Waals surface area contributed by atoms with Crippen molar-refractivity contribution in [3.63, 3.8) is 0 Å². The predicted octanol–water partition coefficient (Wildman–Crippen LogP) is 3.66. The number of anilines is 3. The minimum Gasteiger partial charge on any atom is -0.393 e. The van der Waals surface area contributed by atoms with Gasteiger partial charge >= 0.3 is 0 Å². The van der Waals surface area contributed by atoms with Gasteiger partial charge in [-0.15, -0.1) is 0 Å². The number of fused-ring (bicyclic) bond motifs is 1. The van der Waals surface area contributed by atoms with Crippen molar-refractivity contribution in [2.45, 2.75) is 50.1 Å². The monoisotopic (exact) mass is 456 g/mol. The molecule has 1 saturated carbocycles. The van der Waals surface area contributed by atoms with Gasteiger partial charge in [0.1, 0.15) is 17.0 Å². The molecular formula is C21H23F3N6O2. The van der Waals surface area contributed by atoms with E-state index in [1.54, 1.807) is 0 Å². The molecule has 0 amide bonds. The summed E-state index contributed by atoms with van der Waals surface area (Å²) < 4.78 is 115. The maximum absolute atomic E-state index is 14.4. The Balaban J connectivity index is 1.60. The van der Waals surface area contributed by atoms with Crippen LogP contribution in [0.25, 0.3) is 11.2 Å². The zero-order valence-corrected chi connectivity index (χ0v) is 16.4. The second-order valence-electron chi connectivity index (χ2n) is 7.12. The molecule has 3 heterocycles. The van der Waals surface area contributed by atoms with Crippen LogP contribution in [0.4, 0.5) is 30.8 Å². The topological polar surface area (TPSA) is 97.1 Å². The van der Waals surface area contributed by atoms with E-state index in [-0.39, 0.29) is 23.7 Å². The second-order valence-corrected chi connectivity index (χ2v) is 7.12. The molecular weight excluding hydrogens is 425 g/mol. The van der Waals surface area contributed by atoms with Crippen LogP contribution >= 0.6 is 0 Å². The van der Waals surface area contributed by atoms with Gasteiger partial charge in [0, 0.05) is 34.4 Å². The molecule has 1 aromatic carbocycles. The molecule has 0 radical (unpaired) electrons. The van der Waals surface area contributed by atoms with Crippen molar-refractivity contribution in [3.8, 4) is 0 Å². The quantitative estimate of drug-likeness (QED) is 0.539. The highest BCUT2D eigenvalue weighted by molar-refractivity contribution is 5.76. The standard InChI is InChI=1S/C21H23F3N6O2/c22-11-7-15(23)18(16(24)8-11)28-21-27-17-9-25-20(26-12-1-3-14(31)4-2-12)29-19(17)30(21)13-5-6-32-10-13/h7-9,12-14,31H,1-6,10H2,(H,27,28)(H,25,26,29)/i1D,2D2,3D2,4D2,12D. The molecule has 32 heavy (non-hydrogen) atoms. The smallest absolute Gasteiger partial charge is 0.224 e. The number of benzene rings is 1. The molecule has 2 fully saturated rings. The number of aromatic nitrogens is 4. The van der Waals surface area contributed by atoms with E-state index in [9.17, 15) is 18.3 Å². The lowest BCUT2D eigenvalue weighted by molar-refractivity contribution is 0.126. The highest BCUT2D eigenvalue weighted by Crippen LogP contribution is 2.32. The Bertz CT molecular complexity index is 1450. The van der Waals surface area contributed by atoms with Gasteiger partial charge in [0.2, 0.25) is 11.9 Å². The summed E-state index contributed by atoms with van der Waals surface area (Å²) in [5.41, 5.74) is -0.591. The van der Waals surface area contributed by atoms with Gasteiger partial charge in [-0.1, -0.05) is 0 Å². The van der Waals surface area contributed by atoms with Gasteiger partial charge in [0.25, 0.3) is 0 Å². The molecule has 11 heteroatoms. The maximum Gasteiger partial charge on any atom is 0.224 e. The molecule has 170 valence electrons. The third-order valence-corrected chi connectivity index (χ3v) is 4.92. The van der Waals surface area contributed by atoms with Gasteiger partial charge < -0.3 is 20.5 Å². The normalized spacial score (nSPS) is 36.6. The lowest BCUT2D eigenvalue weighted by Gasteiger charge is -2.26. The van der Waals surface area contributed by atoms with Gasteiger partial charge in [-0.2, -0.15) is 4.98 Å². The van der Waals surface area contributed by atoms with Crippen molar-refractivity contribution in [2.24, 2.45) is 0 Å². The molecule has 0 spiro atoms. The Hall–Kier alpha value is -2.92. The highest BCUT2D eigenvalue weighted by Gasteiger charge is 2.27. The molecule has 2 aromatic heterocycles. The fourth-order valence-electron chi connectivity index (χ4n) is 3.46. The first-order chi connectivity index (χ1) is 18.5. The number of hydrogen-bond donors (Lipinski definition) is 3. The zero-order valence-electron chi connectivity index (χ0n) is 24.4. The molecule has 8 nitrogen and oxygen atoms in total. The first-order valence-electron chi connectivity index (χ1n) is 13.7. The predicted molar refractivity (Wildman–Crippen MR) is 111 cm³/mol. The number of aliphatic hydroxyl groups excluding tert-OH is 1. The average molecular weight is 456 g/mol. The SMILES string of the molecule is [2H]C1C([2H])([2H])C(O)C([2H])([2H])C([2H])([2H])C1([2H])Nc1ncc2nc(Nc3c(F)cc(F)cc3F)n(C3CCOC3)c2n1. The van der Waals surface area contributed by atoms with Crippen LogP contribution < -0.4 is 10.6 Å². The van der Waals surface area contributed by atoms with E-state index >= 15 is 0 Å². The lowest BCUT2D eigenvalue weighted by atomic mass is 9.93. The number of rotatable bonds is 5. The molecule has 5 rings (SSSR count). The summed E-state index contributed by atoms with van der Waals surface area (Å²) in [6.45, 7) is 0.488. The molecule has 1 saturated heterocycles. The van der Waals surface area contributed by atoms with Gasteiger partial charge in [-0.05, 0) is 31.9 Å². The lowest BCUT2D eigenvalue weighted by Crippen LogP contribution is -2.29. The summed E-state index contributed by atoms with van der Waals surface area (Å²) >= 11 is 0. The van der Waals surface area contributed by atoms with Crippen LogP contribution in [0.1, 0.15) is 48.9 Å². The van der Waals surface area contributed by atoms with Crippen LogP contribution in [0, 0.1) is 17.5 Å². The summed E-state index contributed by atoms with van der Waals surface area (Å²) in [5, 5.41) is 14.9. The third kappa shape index (κ3) is 4.09. The fraction of sp³-hybridized carbons (Fsp3) is 0.476. The summed E-state index contributed by atoms with van der Waals surface area (Å²) in [4.78, 5) is 12.5. The number of nitrogens with one attached hydrogen (secondary N) is 2. The van der Waals surface area contributed by atoms with Crippen molar-refractivity contribution in [2.75, 3.05) is 23.8 Å². The Morgan fingerprint density at radius 1 is 1.19 bits per heavy atom. The van der Waals surface area contributed by atoms with Gasteiger partial charge in [-0.3, -0.25) is 4.57 Å². The fourth-order valence-corrected chi connectivity index (χ4v) is 3.46.